The molecule has 1 aliphatic rings. The lowest BCUT2D eigenvalue weighted by molar-refractivity contribution is -0.119. The van der Waals surface area contributed by atoms with Crippen LogP contribution in [0.3, 0.4) is 0 Å². The van der Waals surface area contributed by atoms with Gasteiger partial charge in [-0.25, -0.2) is 4.98 Å². The van der Waals surface area contributed by atoms with Gasteiger partial charge in [-0.15, -0.1) is 21.5 Å². The van der Waals surface area contributed by atoms with E-state index in [1.54, 1.807) is 11.3 Å². The van der Waals surface area contributed by atoms with Crippen LogP contribution in [0.15, 0.2) is 15.0 Å². The number of aromatic nitrogens is 3. The number of carbonyl (C=O) groups excluding carboxylic acids is 1. The van der Waals surface area contributed by atoms with Crippen LogP contribution in [0.5, 0.6) is 0 Å². The standard InChI is InChI=1S/C16H22N4O2S2/c1-10-5-3-4-6-13(10)18-14(21)9-24-16-20-19-15(22-16)7-12-8-23-11(2)17-12/h8,10,13H,3-7,9H2,1-2H3,(H,18,21)/t10-,13-/m1/s1. The molecule has 2 heterocycles. The molecule has 0 aromatic carbocycles. The summed E-state index contributed by atoms with van der Waals surface area (Å²) in [7, 11) is 0. The third kappa shape index (κ3) is 4.80. The second kappa shape index (κ2) is 8.11. The zero-order valence-electron chi connectivity index (χ0n) is 13.9. The molecule has 0 bridgehead atoms. The molecule has 2 aromatic rings. The molecule has 24 heavy (non-hydrogen) atoms. The quantitative estimate of drug-likeness (QED) is 0.791. The second-order valence-electron chi connectivity index (χ2n) is 6.22. The summed E-state index contributed by atoms with van der Waals surface area (Å²) in [5, 5.41) is 14.6. The first-order chi connectivity index (χ1) is 11.6. The highest BCUT2D eigenvalue weighted by Crippen LogP contribution is 2.24. The van der Waals surface area contributed by atoms with Crippen LogP contribution in [0.4, 0.5) is 0 Å². The van der Waals surface area contributed by atoms with Crippen molar-refractivity contribution in [3.05, 3.63) is 22.0 Å². The molecule has 0 spiro atoms. The topological polar surface area (TPSA) is 80.9 Å². The fourth-order valence-electron chi connectivity index (χ4n) is 2.92. The number of amides is 1. The summed E-state index contributed by atoms with van der Waals surface area (Å²) in [6.07, 6.45) is 5.28. The van der Waals surface area contributed by atoms with E-state index in [1.165, 1.54) is 31.0 Å². The maximum atomic E-state index is 12.1. The SMILES string of the molecule is Cc1nc(Cc2nnc(SCC(=O)N[C@@H]3CCCC[C@H]3C)o2)cs1. The Morgan fingerprint density at radius 1 is 1.42 bits per heavy atom. The van der Waals surface area contributed by atoms with Gasteiger partial charge in [-0.05, 0) is 25.7 Å². The number of nitrogens with one attached hydrogen (secondary N) is 1. The molecule has 1 saturated carbocycles. The molecule has 6 nitrogen and oxygen atoms in total. The van der Waals surface area contributed by atoms with Gasteiger partial charge < -0.3 is 9.73 Å². The lowest BCUT2D eigenvalue weighted by Crippen LogP contribution is -2.41. The molecule has 0 aliphatic heterocycles. The van der Waals surface area contributed by atoms with Crippen molar-refractivity contribution in [3.8, 4) is 0 Å². The third-order valence-corrected chi connectivity index (χ3v) is 5.87. The van der Waals surface area contributed by atoms with Crippen LogP contribution in [0.2, 0.25) is 0 Å². The van der Waals surface area contributed by atoms with Crippen LogP contribution in [-0.2, 0) is 11.2 Å². The normalized spacial score (nSPS) is 20.9. The van der Waals surface area contributed by atoms with E-state index in [1.807, 2.05) is 12.3 Å². The highest BCUT2D eigenvalue weighted by Gasteiger charge is 2.23. The Morgan fingerprint density at radius 2 is 2.25 bits per heavy atom. The van der Waals surface area contributed by atoms with E-state index in [0.29, 0.717) is 35.2 Å². The van der Waals surface area contributed by atoms with Crippen molar-refractivity contribution in [2.45, 2.75) is 57.2 Å². The zero-order valence-corrected chi connectivity index (χ0v) is 15.6. The molecule has 3 rings (SSSR count). The summed E-state index contributed by atoms with van der Waals surface area (Å²) in [6, 6.07) is 0.304. The molecule has 1 amide bonds. The number of rotatable bonds is 6. The molecule has 0 unspecified atom stereocenters. The van der Waals surface area contributed by atoms with Crippen LogP contribution >= 0.6 is 23.1 Å². The highest BCUT2D eigenvalue weighted by atomic mass is 32.2. The summed E-state index contributed by atoms with van der Waals surface area (Å²) < 4.78 is 5.58. The van der Waals surface area contributed by atoms with Crippen molar-refractivity contribution in [2.75, 3.05) is 5.75 Å². The van der Waals surface area contributed by atoms with Gasteiger partial charge in [-0.3, -0.25) is 4.79 Å². The van der Waals surface area contributed by atoms with Gasteiger partial charge in [-0.2, -0.15) is 0 Å². The van der Waals surface area contributed by atoms with Crippen LogP contribution in [0, 0.1) is 12.8 Å². The average Bonchev–Trinajstić information content (AvgIpc) is 3.17. The summed E-state index contributed by atoms with van der Waals surface area (Å²) in [5.74, 6) is 1.43. The van der Waals surface area contributed by atoms with Crippen molar-refractivity contribution in [1.82, 2.24) is 20.5 Å². The van der Waals surface area contributed by atoms with Gasteiger partial charge in [0.05, 0.1) is 22.9 Å². The number of hydrogen-bond acceptors (Lipinski definition) is 7. The van der Waals surface area contributed by atoms with Crippen molar-refractivity contribution in [1.29, 1.82) is 0 Å². The number of carbonyl (C=O) groups is 1. The first-order valence-corrected chi connectivity index (χ1v) is 10.1. The largest absolute Gasteiger partial charge is 0.416 e. The minimum atomic E-state index is 0.0358. The monoisotopic (exact) mass is 366 g/mol. The maximum absolute atomic E-state index is 12.1. The number of aryl methyl sites for hydroxylation is 1. The molecular formula is C16H22N4O2S2. The molecule has 1 aliphatic carbocycles. The fraction of sp³-hybridized carbons (Fsp3) is 0.625. The molecule has 1 N–H and O–H groups in total. The molecule has 130 valence electrons. The molecule has 0 saturated heterocycles. The van der Waals surface area contributed by atoms with E-state index in [2.05, 4.69) is 27.4 Å². The predicted octanol–water partition coefficient (Wildman–Crippen LogP) is 3.21. The zero-order chi connectivity index (χ0) is 16.9. The third-order valence-electron chi connectivity index (χ3n) is 4.23. The summed E-state index contributed by atoms with van der Waals surface area (Å²) in [6.45, 7) is 4.18. The van der Waals surface area contributed by atoms with Gasteiger partial charge in [0.1, 0.15) is 0 Å². The smallest absolute Gasteiger partial charge is 0.277 e. The maximum Gasteiger partial charge on any atom is 0.277 e. The van der Waals surface area contributed by atoms with Crippen LogP contribution in [-0.4, -0.2) is 32.9 Å². The van der Waals surface area contributed by atoms with E-state index >= 15 is 0 Å². The minimum absolute atomic E-state index is 0.0358. The summed E-state index contributed by atoms with van der Waals surface area (Å²) in [5.41, 5.74) is 0.932. The van der Waals surface area contributed by atoms with Gasteiger partial charge in [0.2, 0.25) is 11.8 Å². The Labute approximate surface area is 149 Å². The molecule has 1 fully saturated rings. The van der Waals surface area contributed by atoms with Crippen molar-refractivity contribution in [3.63, 3.8) is 0 Å². The van der Waals surface area contributed by atoms with Gasteiger partial charge in [-0.1, -0.05) is 31.5 Å². The number of hydrogen-bond donors (Lipinski definition) is 1. The lowest BCUT2D eigenvalue weighted by atomic mass is 9.86. The average molecular weight is 367 g/mol. The van der Waals surface area contributed by atoms with Gasteiger partial charge in [0, 0.05) is 11.4 Å². The van der Waals surface area contributed by atoms with Crippen molar-refractivity contribution in [2.24, 2.45) is 5.92 Å². The Kier molecular flexibility index (Phi) is 5.89. The lowest BCUT2D eigenvalue weighted by Gasteiger charge is -2.29. The van der Waals surface area contributed by atoms with Crippen LogP contribution in [0.25, 0.3) is 0 Å². The summed E-state index contributed by atoms with van der Waals surface area (Å²) >= 11 is 2.89. The van der Waals surface area contributed by atoms with E-state index in [-0.39, 0.29) is 5.91 Å². The number of nitrogens with zero attached hydrogens (tertiary/aromatic N) is 3. The summed E-state index contributed by atoms with van der Waals surface area (Å²) in [4.78, 5) is 16.5. The Bertz CT molecular complexity index is 685. The molecule has 8 heteroatoms. The highest BCUT2D eigenvalue weighted by molar-refractivity contribution is 7.99. The molecule has 2 aromatic heterocycles. The van der Waals surface area contributed by atoms with Crippen molar-refractivity contribution < 1.29 is 9.21 Å². The minimum Gasteiger partial charge on any atom is -0.416 e. The molecular weight excluding hydrogens is 344 g/mol. The number of thiazole rings is 1. The molecule has 2 atom stereocenters. The first kappa shape index (κ1) is 17.4. The van der Waals surface area contributed by atoms with Crippen LogP contribution < -0.4 is 5.32 Å². The Morgan fingerprint density at radius 3 is 3.00 bits per heavy atom. The Balaban J connectivity index is 1.45. The van der Waals surface area contributed by atoms with Gasteiger partial charge in [0.25, 0.3) is 5.22 Å². The van der Waals surface area contributed by atoms with Crippen molar-refractivity contribution >= 4 is 29.0 Å². The van der Waals surface area contributed by atoms with Gasteiger partial charge in [0.15, 0.2) is 0 Å². The fourth-order valence-corrected chi connectivity index (χ4v) is 4.12. The van der Waals surface area contributed by atoms with Crippen LogP contribution in [0.1, 0.15) is 49.2 Å². The predicted molar refractivity (Wildman–Crippen MR) is 94.2 cm³/mol. The van der Waals surface area contributed by atoms with E-state index in [9.17, 15) is 4.79 Å². The second-order valence-corrected chi connectivity index (χ2v) is 8.21. The van der Waals surface area contributed by atoms with E-state index in [4.69, 9.17) is 4.42 Å². The first-order valence-electron chi connectivity index (χ1n) is 8.25. The van der Waals surface area contributed by atoms with E-state index in [0.717, 1.165) is 17.1 Å². The number of thioether (sulfide) groups is 1. The van der Waals surface area contributed by atoms with Gasteiger partial charge >= 0.3 is 0 Å². The Hall–Kier alpha value is -1.41. The molecule has 0 radical (unpaired) electrons. The van der Waals surface area contributed by atoms with E-state index < -0.39 is 0 Å².